The van der Waals surface area contributed by atoms with Crippen molar-refractivity contribution in [1.29, 1.82) is 0 Å². The minimum atomic E-state index is -0.191. The zero-order chi connectivity index (χ0) is 14.5. The van der Waals surface area contributed by atoms with Gasteiger partial charge in [0, 0.05) is 39.8 Å². The van der Waals surface area contributed by atoms with E-state index in [1.165, 1.54) is 0 Å². The molecule has 1 heterocycles. The minimum absolute atomic E-state index is 0.0439. The van der Waals surface area contributed by atoms with Crippen molar-refractivity contribution < 1.29 is 19.1 Å². The Morgan fingerprint density at radius 3 is 2.55 bits per heavy atom. The lowest BCUT2D eigenvalue weighted by Gasteiger charge is -2.32. The van der Waals surface area contributed by atoms with Crippen LogP contribution in [0.5, 0.6) is 0 Å². The van der Waals surface area contributed by atoms with E-state index >= 15 is 0 Å². The number of nitrogens with zero attached hydrogens (tertiary/aromatic N) is 2. The van der Waals surface area contributed by atoms with Gasteiger partial charge in [-0.15, -0.1) is 0 Å². The first-order valence-electron chi connectivity index (χ1n) is 6.92. The maximum absolute atomic E-state index is 12.2. The third-order valence-electron chi connectivity index (χ3n) is 3.82. The highest BCUT2D eigenvalue weighted by atomic mass is 16.5. The highest BCUT2D eigenvalue weighted by Crippen LogP contribution is 2.40. The van der Waals surface area contributed by atoms with Crippen LogP contribution < -0.4 is 5.32 Å². The Labute approximate surface area is 118 Å². The van der Waals surface area contributed by atoms with Gasteiger partial charge in [-0.3, -0.25) is 14.4 Å². The summed E-state index contributed by atoms with van der Waals surface area (Å²) in [7, 11) is 1.58. The summed E-state index contributed by atoms with van der Waals surface area (Å²) >= 11 is 0. The van der Waals surface area contributed by atoms with Gasteiger partial charge in [0.05, 0.1) is 18.4 Å². The Morgan fingerprint density at radius 1 is 1.25 bits per heavy atom. The van der Waals surface area contributed by atoms with Gasteiger partial charge in [-0.2, -0.15) is 0 Å². The van der Waals surface area contributed by atoms with Crippen molar-refractivity contribution in [2.24, 2.45) is 11.8 Å². The van der Waals surface area contributed by atoms with E-state index in [0.717, 1.165) is 6.41 Å². The van der Waals surface area contributed by atoms with Crippen LogP contribution in [-0.2, 0) is 19.1 Å². The van der Waals surface area contributed by atoms with Crippen LogP contribution in [0, 0.1) is 11.8 Å². The molecule has 0 aromatic carbocycles. The van der Waals surface area contributed by atoms with Crippen LogP contribution in [0.4, 0.5) is 0 Å². The van der Waals surface area contributed by atoms with Crippen molar-refractivity contribution in [1.82, 2.24) is 15.1 Å². The molecule has 0 radical (unpaired) electrons. The second-order valence-corrected chi connectivity index (χ2v) is 5.20. The number of piperazine rings is 1. The molecule has 1 saturated heterocycles. The number of amides is 3. The number of rotatable bonds is 6. The number of carbonyl (C=O) groups excluding carboxylic acids is 3. The Hall–Kier alpha value is -1.63. The largest absolute Gasteiger partial charge is 0.383 e. The first kappa shape index (κ1) is 14.8. The van der Waals surface area contributed by atoms with E-state index < -0.39 is 0 Å². The third-order valence-corrected chi connectivity index (χ3v) is 3.82. The Kier molecular flexibility index (Phi) is 4.94. The maximum Gasteiger partial charge on any atom is 0.226 e. The van der Waals surface area contributed by atoms with Crippen molar-refractivity contribution in [3.8, 4) is 0 Å². The Bertz CT molecular complexity index is 380. The number of hydrogen-bond acceptors (Lipinski definition) is 4. The molecule has 1 aliphatic carbocycles. The zero-order valence-electron chi connectivity index (χ0n) is 11.7. The molecule has 0 aromatic rings. The van der Waals surface area contributed by atoms with E-state index in [0.29, 0.717) is 45.8 Å². The maximum atomic E-state index is 12.2. The van der Waals surface area contributed by atoms with Gasteiger partial charge >= 0.3 is 0 Å². The minimum Gasteiger partial charge on any atom is -0.383 e. The van der Waals surface area contributed by atoms with Gasteiger partial charge in [0.15, 0.2) is 0 Å². The van der Waals surface area contributed by atoms with E-state index in [1.54, 1.807) is 16.9 Å². The summed E-state index contributed by atoms with van der Waals surface area (Å²) in [5.41, 5.74) is 0. The summed E-state index contributed by atoms with van der Waals surface area (Å²) in [6.07, 6.45) is 1.44. The number of ether oxygens (including phenoxy) is 1. The molecular formula is C13H21N3O4. The van der Waals surface area contributed by atoms with Crippen LogP contribution in [0.2, 0.25) is 0 Å². The standard InChI is InChI=1S/C13H21N3O4/c1-20-7-2-14-12(18)10-8-11(10)13(19)16-5-3-15(9-17)4-6-16/h9-11H,2-8H2,1H3,(H,14,18). The molecule has 112 valence electrons. The van der Waals surface area contributed by atoms with Gasteiger partial charge in [-0.1, -0.05) is 0 Å². The number of hydrogen-bond donors (Lipinski definition) is 1. The van der Waals surface area contributed by atoms with E-state index in [2.05, 4.69) is 5.32 Å². The van der Waals surface area contributed by atoms with Gasteiger partial charge in [0.1, 0.15) is 0 Å². The predicted molar refractivity (Wildman–Crippen MR) is 70.7 cm³/mol. The molecule has 0 bridgehead atoms. The summed E-state index contributed by atoms with van der Waals surface area (Å²) in [6, 6.07) is 0. The first-order valence-corrected chi connectivity index (χ1v) is 6.92. The topological polar surface area (TPSA) is 79.0 Å². The monoisotopic (exact) mass is 283 g/mol. The molecule has 7 heteroatoms. The molecule has 0 spiro atoms. The summed E-state index contributed by atoms with van der Waals surface area (Å²) in [5.74, 6) is -0.391. The fourth-order valence-corrected chi connectivity index (χ4v) is 2.45. The fourth-order valence-electron chi connectivity index (χ4n) is 2.45. The number of nitrogens with one attached hydrogen (secondary N) is 1. The highest BCUT2D eigenvalue weighted by Gasteiger charge is 2.49. The Morgan fingerprint density at radius 2 is 1.95 bits per heavy atom. The van der Waals surface area contributed by atoms with E-state index in [9.17, 15) is 14.4 Å². The Balaban J connectivity index is 1.73. The van der Waals surface area contributed by atoms with Crippen LogP contribution in [0.1, 0.15) is 6.42 Å². The smallest absolute Gasteiger partial charge is 0.226 e. The molecule has 7 nitrogen and oxygen atoms in total. The van der Waals surface area contributed by atoms with Crippen molar-refractivity contribution in [2.75, 3.05) is 46.4 Å². The van der Waals surface area contributed by atoms with Crippen LogP contribution >= 0.6 is 0 Å². The molecule has 1 aliphatic heterocycles. The average Bonchev–Trinajstić information content (AvgIpc) is 3.27. The summed E-state index contributed by atoms with van der Waals surface area (Å²) in [6.45, 7) is 3.23. The quantitative estimate of drug-likeness (QED) is 0.485. The lowest BCUT2D eigenvalue weighted by atomic mass is 10.2. The molecule has 2 atom stereocenters. The lowest BCUT2D eigenvalue weighted by molar-refractivity contribution is -0.137. The molecule has 2 rings (SSSR count). The first-order chi connectivity index (χ1) is 9.67. The highest BCUT2D eigenvalue weighted by molar-refractivity contribution is 5.92. The van der Waals surface area contributed by atoms with Gasteiger partial charge < -0.3 is 19.9 Å². The van der Waals surface area contributed by atoms with Crippen molar-refractivity contribution in [2.45, 2.75) is 6.42 Å². The van der Waals surface area contributed by atoms with E-state index in [-0.39, 0.29) is 23.7 Å². The van der Waals surface area contributed by atoms with Gasteiger partial charge in [-0.25, -0.2) is 0 Å². The van der Waals surface area contributed by atoms with Crippen LogP contribution in [-0.4, -0.2) is 74.5 Å². The molecule has 2 unspecified atom stereocenters. The summed E-state index contributed by atoms with van der Waals surface area (Å²) < 4.78 is 4.86. The predicted octanol–water partition coefficient (Wildman–Crippen LogP) is -1.31. The number of methoxy groups -OCH3 is 1. The lowest BCUT2D eigenvalue weighted by Crippen LogP contribution is -2.49. The van der Waals surface area contributed by atoms with Gasteiger partial charge in [0.25, 0.3) is 0 Å². The molecule has 2 fully saturated rings. The fraction of sp³-hybridized carbons (Fsp3) is 0.769. The summed E-state index contributed by atoms with van der Waals surface area (Å²) in [5, 5.41) is 2.76. The van der Waals surface area contributed by atoms with Crippen molar-refractivity contribution >= 4 is 18.2 Å². The van der Waals surface area contributed by atoms with Gasteiger partial charge in [0.2, 0.25) is 18.2 Å². The molecule has 1 saturated carbocycles. The molecule has 0 aromatic heterocycles. The van der Waals surface area contributed by atoms with Crippen molar-refractivity contribution in [3.05, 3.63) is 0 Å². The molecule has 1 N–H and O–H groups in total. The van der Waals surface area contributed by atoms with Crippen LogP contribution in [0.15, 0.2) is 0 Å². The van der Waals surface area contributed by atoms with E-state index in [1.807, 2.05) is 0 Å². The zero-order valence-corrected chi connectivity index (χ0v) is 11.7. The second kappa shape index (κ2) is 6.69. The average molecular weight is 283 g/mol. The molecular weight excluding hydrogens is 262 g/mol. The number of carbonyl (C=O) groups is 3. The molecule has 2 aliphatic rings. The SMILES string of the molecule is COCCNC(=O)C1CC1C(=O)N1CCN(C=O)CC1. The second-order valence-electron chi connectivity index (χ2n) is 5.20. The van der Waals surface area contributed by atoms with E-state index in [4.69, 9.17) is 4.74 Å². The van der Waals surface area contributed by atoms with Gasteiger partial charge in [-0.05, 0) is 6.42 Å². The molecule has 20 heavy (non-hydrogen) atoms. The third kappa shape index (κ3) is 3.47. The normalized spacial score (nSPS) is 25.2. The van der Waals surface area contributed by atoms with Crippen LogP contribution in [0.3, 0.4) is 0 Å². The molecule has 3 amide bonds. The summed E-state index contributed by atoms with van der Waals surface area (Å²) in [4.78, 5) is 38.0. The van der Waals surface area contributed by atoms with Crippen LogP contribution in [0.25, 0.3) is 0 Å². The van der Waals surface area contributed by atoms with Crippen molar-refractivity contribution in [3.63, 3.8) is 0 Å².